The highest BCUT2D eigenvalue weighted by atomic mass is 19.1. The molecule has 2 aromatic carbocycles. The second-order valence-electron chi connectivity index (χ2n) is 8.88. The number of carbonyl (C=O) groups excluding carboxylic acids is 1. The van der Waals surface area contributed by atoms with E-state index in [9.17, 15) is 9.18 Å². The van der Waals surface area contributed by atoms with E-state index in [4.69, 9.17) is 4.74 Å². The maximum Gasteiger partial charge on any atom is 0.315 e. The monoisotopic (exact) mass is 464 g/mol. The van der Waals surface area contributed by atoms with Gasteiger partial charge in [-0.1, -0.05) is 47.7 Å². The molecule has 0 unspecified atom stereocenters. The summed E-state index contributed by atoms with van der Waals surface area (Å²) in [5.74, 6) is -0.266. The van der Waals surface area contributed by atoms with Crippen molar-refractivity contribution in [1.82, 2.24) is 30.5 Å². The van der Waals surface area contributed by atoms with E-state index >= 15 is 0 Å². The van der Waals surface area contributed by atoms with Crippen LogP contribution in [0.3, 0.4) is 0 Å². The molecule has 0 spiro atoms. The molecule has 1 atom stereocenters. The van der Waals surface area contributed by atoms with Crippen LogP contribution in [0, 0.1) is 5.82 Å². The van der Waals surface area contributed by atoms with Gasteiger partial charge in [0.15, 0.2) is 0 Å². The largest absolute Gasteiger partial charge is 0.365 e. The second-order valence-corrected chi connectivity index (χ2v) is 8.88. The lowest BCUT2D eigenvalue weighted by atomic mass is 10.0. The number of aromatic nitrogens is 3. The fraction of sp³-hybridized carbons (Fsp3) is 0.400. The fourth-order valence-electron chi connectivity index (χ4n) is 4.56. The highest BCUT2D eigenvalue weighted by molar-refractivity contribution is 5.74. The lowest BCUT2D eigenvalue weighted by Crippen LogP contribution is -2.47. The second kappa shape index (κ2) is 10.3. The summed E-state index contributed by atoms with van der Waals surface area (Å²) < 4.78 is 21.5. The molecule has 34 heavy (non-hydrogen) atoms. The minimum Gasteiger partial charge on any atom is -0.365 e. The molecule has 178 valence electrons. The molecule has 2 amide bonds. The van der Waals surface area contributed by atoms with Crippen molar-refractivity contribution in [3.63, 3.8) is 0 Å². The molecule has 0 radical (unpaired) electrons. The Balaban J connectivity index is 1.08. The van der Waals surface area contributed by atoms with E-state index in [0.29, 0.717) is 26.2 Å². The summed E-state index contributed by atoms with van der Waals surface area (Å²) in [6.45, 7) is 3.91. The van der Waals surface area contributed by atoms with E-state index in [1.54, 1.807) is 6.07 Å². The number of carbonyl (C=O) groups is 1. The number of urea groups is 1. The maximum atomic E-state index is 13.6. The van der Waals surface area contributed by atoms with Crippen LogP contribution in [0.1, 0.15) is 41.5 Å². The number of halogens is 1. The van der Waals surface area contributed by atoms with Crippen LogP contribution in [0.5, 0.6) is 0 Å². The number of hydrogen-bond acceptors (Lipinski definition) is 5. The van der Waals surface area contributed by atoms with Crippen molar-refractivity contribution in [1.29, 1.82) is 0 Å². The van der Waals surface area contributed by atoms with Gasteiger partial charge in [-0.3, -0.25) is 4.90 Å². The van der Waals surface area contributed by atoms with Gasteiger partial charge in [-0.05, 0) is 36.1 Å². The molecule has 3 heterocycles. The molecule has 0 aliphatic carbocycles. The summed E-state index contributed by atoms with van der Waals surface area (Å²) in [4.78, 5) is 14.6. The Labute approximate surface area is 198 Å². The van der Waals surface area contributed by atoms with Gasteiger partial charge in [0.1, 0.15) is 17.6 Å². The summed E-state index contributed by atoms with van der Waals surface area (Å²) in [7, 11) is 0. The first kappa shape index (κ1) is 22.5. The molecule has 2 aliphatic rings. The van der Waals surface area contributed by atoms with Crippen molar-refractivity contribution < 1.29 is 13.9 Å². The predicted octanol–water partition coefficient (Wildman–Crippen LogP) is 3.15. The van der Waals surface area contributed by atoms with Crippen LogP contribution < -0.4 is 10.6 Å². The average molecular weight is 465 g/mol. The van der Waals surface area contributed by atoms with Gasteiger partial charge in [0.25, 0.3) is 0 Å². The van der Waals surface area contributed by atoms with Crippen molar-refractivity contribution in [2.24, 2.45) is 0 Å². The molecule has 8 nitrogen and oxygen atoms in total. The highest BCUT2D eigenvalue weighted by Crippen LogP contribution is 2.28. The van der Waals surface area contributed by atoms with Crippen molar-refractivity contribution in [2.75, 3.05) is 13.1 Å². The fourth-order valence-corrected chi connectivity index (χ4v) is 4.56. The van der Waals surface area contributed by atoms with Crippen LogP contribution in [0.25, 0.3) is 0 Å². The molecule has 1 aromatic heterocycles. The molecule has 9 heteroatoms. The van der Waals surface area contributed by atoms with E-state index in [1.165, 1.54) is 12.1 Å². The SMILES string of the molecule is O=C(NCc1ccccc1)NC1CCN(Cc2nnn3c2CO[C@@H](c2cccc(F)c2)C3)CC1. The van der Waals surface area contributed by atoms with Crippen LogP contribution in [0.4, 0.5) is 9.18 Å². The van der Waals surface area contributed by atoms with Crippen LogP contribution in [-0.4, -0.2) is 45.1 Å². The number of benzene rings is 2. The summed E-state index contributed by atoms with van der Waals surface area (Å²) in [6.07, 6.45) is 1.55. The molecule has 1 fully saturated rings. The Kier molecular flexibility index (Phi) is 6.82. The number of likely N-dealkylation sites (tertiary alicyclic amines) is 1. The Morgan fingerprint density at radius 1 is 1.12 bits per heavy atom. The topological polar surface area (TPSA) is 84.3 Å². The summed E-state index contributed by atoms with van der Waals surface area (Å²) in [6, 6.07) is 16.4. The number of fused-ring (bicyclic) bond motifs is 1. The van der Waals surface area contributed by atoms with Crippen molar-refractivity contribution in [3.05, 3.63) is 82.9 Å². The Hall–Kier alpha value is -3.30. The van der Waals surface area contributed by atoms with E-state index in [-0.39, 0.29) is 24.0 Å². The standard InChI is InChI=1S/C25H29FN6O2/c26-20-8-4-7-19(13-20)24-16-32-23(17-34-24)22(29-30-32)15-31-11-9-21(10-12-31)28-25(33)27-14-18-5-2-1-3-6-18/h1-8,13,21,24H,9-12,14-17H2,(H2,27,28,33)/t24-/m1/s1. The normalized spacial score (nSPS) is 18.9. The number of nitrogens with one attached hydrogen (secondary N) is 2. The lowest BCUT2D eigenvalue weighted by Gasteiger charge is -2.32. The van der Waals surface area contributed by atoms with Gasteiger partial charge in [-0.2, -0.15) is 0 Å². The third-order valence-electron chi connectivity index (χ3n) is 6.49. The number of nitrogens with zero attached hydrogens (tertiary/aromatic N) is 4. The van der Waals surface area contributed by atoms with Crippen molar-refractivity contribution in [3.8, 4) is 0 Å². The summed E-state index contributed by atoms with van der Waals surface area (Å²) in [5, 5.41) is 14.7. The third kappa shape index (κ3) is 5.43. The first-order valence-corrected chi connectivity index (χ1v) is 11.7. The zero-order valence-corrected chi connectivity index (χ0v) is 19.0. The van der Waals surface area contributed by atoms with Gasteiger partial charge < -0.3 is 15.4 Å². The number of ether oxygens (including phenoxy) is 1. The average Bonchev–Trinajstić information content (AvgIpc) is 3.26. The molecule has 0 bridgehead atoms. The quantitative estimate of drug-likeness (QED) is 0.586. The van der Waals surface area contributed by atoms with Crippen molar-refractivity contribution in [2.45, 2.75) is 51.2 Å². The zero-order chi connectivity index (χ0) is 23.3. The first-order chi connectivity index (χ1) is 16.6. The first-order valence-electron chi connectivity index (χ1n) is 11.7. The lowest BCUT2D eigenvalue weighted by molar-refractivity contribution is -0.00232. The third-order valence-corrected chi connectivity index (χ3v) is 6.49. The Bertz CT molecular complexity index is 1110. The predicted molar refractivity (Wildman–Crippen MR) is 124 cm³/mol. The van der Waals surface area contributed by atoms with E-state index in [0.717, 1.165) is 48.4 Å². The minimum atomic E-state index is -0.266. The summed E-state index contributed by atoms with van der Waals surface area (Å²) >= 11 is 0. The zero-order valence-electron chi connectivity index (χ0n) is 19.0. The molecule has 2 aliphatic heterocycles. The Morgan fingerprint density at radius 2 is 1.94 bits per heavy atom. The minimum absolute atomic E-state index is 0.125. The van der Waals surface area contributed by atoms with Crippen LogP contribution in [0.15, 0.2) is 54.6 Å². The van der Waals surface area contributed by atoms with Crippen molar-refractivity contribution >= 4 is 6.03 Å². The number of hydrogen-bond donors (Lipinski definition) is 2. The van der Waals surface area contributed by atoms with E-state index in [1.807, 2.05) is 41.1 Å². The molecular formula is C25H29FN6O2. The number of rotatable bonds is 6. The van der Waals surface area contributed by atoms with Gasteiger partial charge in [-0.25, -0.2) is 13.9 Å². The van der Waals surface area contributed by atoms with E-state index < -0.39 is 0 Å². The molecule has 1 saturated heterocycles. The van der Waals surface area contributed by atoms with Gasteiger partial charge >= 0.3 is 6.03 Å². The molecule has 0 saturated carbocycles. The summed E-state index contributed by atoms with van der Waals surface area (Å²) in [5.41, 5.74) is 3.79. The van der Waals surface area contributed by atoms with Crippen LogP contribution in [0.2, 0.25) is 0 Å². The Morgan fingerprint density at radius 3 is 2.74 bits per heavy atom. The molecule has 2 N–H and O–H groups in total. The molecule has 5 rings (SSSR count). The van der Waals surface area contributed by atoms with Crippen LogP contribution in [-0.2, 0) is 31.0 Å². The molecular weight excluding hydrogens is 435 g/mol. The van der Waals surface area contributed by atoms with Gasteiger partial charge in [-0.15, -0.1) is 5.10 Å². The molecule has 3 aromatic rings. The smallest absolute Gasteiger partial charge is 0.315 e. The van der Waals surface area contributed by atoms with Gasteiger partial charge in [0.05, 0.1) is 18.8 Å². The van der Waals surface area contributed by atoms with Gasteiger partial charge in [0.2, 0.25) is 0 Å². The number of amides is 2. The van der Waals surface area contributed by atoms with Crippen LogP contribution >= 0.6 is 0 Å². The number of piperidine rings is 1. The van der Waals surface area contributed by atoms with Gasteiger partial charge in [0, 0.05) is 32.2 Å². The maximum absolute atomic E-state index is 13.6. The van der Waals surface area contributed by atoms with E-state index in [2.05, 4.69) is 25.8 Å². The highest BCUT2D eigenvalue weighted by Gasteiger charge is 2.27.